The van der Waals surface area contributed by atoms with E-state index < -0.39 is 10.0 Å². The molecule has 2 saturated heterocycles. The van der Waals surface area contributed by atoms with Gasteiger partial charge in [-0.15, -0.1) is 0 Å². The summed E-state index contributed by atoms with van der Waals surface area (Å²) < 4.78 is 26.7. The minimum absolute atomic E-state index is 0.0313. The summed E-state index contributed by atoms with van der Waals surface area (Å²) in [4.78, 5) is 28.2. The van der Waals surface area contributed by atoms with Gasteiger partial charge in [0.2, 0.25) is 21.8 Å². The molecule has 0 aliphatic carbocycles. The SMILES string of the molecule is CCCCS(=O)(=O)NC1CCN(C(=O)C2CC(=O)N(C(C)C)C2)CC1. The van der Waals surface area contributed by atoms with E-state index in [1.807, 2.05) is 20.8 Å². The van der Waals surface area contributed by atoms with E-state index in [4.69, 9.17) is 0 Å². The van der Waals surface area contributed by atoms with Gasteiger partial charge in [-0.05, 0) is 33.1 Å². The lowest BCUT2D eigenvalue weighted by atomic mass is 10.0. The lowest BCUT2D eigenvalue weighted by molar-refractivity contribution is -0.136. The third kappa shape index (κ3) is 5.41. The molecule has 0 spiro atoms. The Kier molecular flexibility index (Phi) is 6.85. The van der Waals surface area contributed by atoms with Crippen LogP contribution in [0.5, 0.6) is 0 Å². The highest BCUT2D eigenvalue weighted by atomic mass is 32.2. The molecular weight excluding hydrogens is 342 g/mol. The van der Waals surface area contributed by atoms with Gasteiger partial charge in [-0.1, -0.05) is 13.3 Å². The molecular formula is C17H31N3O4S. The average molecular weight is 374 g/mol. The number of piperidine rings is 1. The van der Waals surface area contributed by atoms with E-state index in [1.54, 1.807) is 9.80 Å². The molecule has 2 amide bonds. The number of sulfonamides is 1. The second kappa shape index (κ2) is 8.49. The number of hydrogen-bond donors (Lipinski definition) is 1. The molecule has 0 aromatic rings. The molecule has 0 radical (unpaired) electrons. The van der Waals surface area contributed by atoms with Crippen molar-refractivity contribution in [1.82, 2.24) is 14.5 Å². The highest BCUT2D eigenvalue weighted by molar-refractivity contribution is 7.89. The number of nitrogens with one attached hydrogen (secondary N) is 1. The monoisotopic (exact) mass is 373 g/mol. The van der Waals surface area contributed by atoms with Crippen LogP contribution in [0, 0.1) is 5.92 Å². The van der Waals surface area contributed by atoms with Crippen molar-refractivity contribution in [2.75, 3.05) is 25.4 Å². The summed E-state index contributed by atoms with van der Waals surface area (Å²) in [6.07, 6.45) is 3.06. The Morgan fingerprint density at radius 1 is 1.28 bits per heavy atom. The molecule has 1 unspecified atom stereocenters. The second-order valence-corrected chi connectivity index (χ2v) is 9.30. The summed E-state index contributed by atoms with van der Waals surface area (Å²) in [7, 11) is -3.23. The van der Waals surface area contributed by atoms with Crippen molar-refractivity contribution in [3.05, 3.63) is 0 Å². The third-order valence-corrected chi connectivity index (χ3v) is 6.57. The van der Waals surface area contributed by atoms with Crippen molar-refractivity contribution in [3.63, 3.8) is 0 Å². The van der Waals surface area contributed by atoms with Crippen molar-refractivity contribution >= 4 is 21.8 Å². The summed E-state index contributed by atoms with van der Waals surface area (Å²) >= 11 is 0. The van der Waals surface area contributed by atoms with Crippen molar-refractivity contribution in [2.45, 2.75) is 65.0 Å². The standard InChI is InChI=1S/C17H31N3O4S/c1-4-5-10-25(23,24)18-15-6-8-19(9-7-15)17(22)14-11-16(21)20(12-14)13(2)3/h13-15,18H,4-12H2,1-3H3. The van der Waals surface area contributed by atoms with Gasteiger partial charge in [-0.25, -0.2) is 13.1 Å². The first kappa shape index (κ1) is 20.2. The smallest absolute Gasteiger partial charge is 0.227 e. The minimum Gasteiger partial charge on any atom is -0.342 e. The van der Waals surface area contributed by atoms with Gasteiger partial charge in [-0.3, -0.25) is 9.59 Å². The van der Waals surface area contributed by atoms with Gasteiger partial charge >= 0.3 is 0 Å². The Morgan fingerprint density at radius 2 is 1.92 bits per heavy atom. The Labute approximate surface area is 151 Å². The molecule has 2 aliphatic rings. The first-order valence-electron chi connectivity index (χ1n) is 9.31. The Morgan fingerprint density at radius 3 is 2.44 bits per heavy atom. The molecule has 2 aliphatic heterocycles. The lowest BCUT2D eigenvalue weighted by Crippen LogP contribution is -2.48. The summed E-state index contributed by atoms with van der Waals surface area (Å²) in [5.41, 5.74) is 0. The highest BCUT2D eigenvalue weighted by Crippen LogP contribution is 2.24. The largest absolute Gasteiger partial charge is 0.342 e. The molecule has 0 aromatic carbocycles. The van der Waals surface area contributed by atoms with Crippen molar-refractivity contribution in [2.24, 2.45) is 5.92 Å². The first-order valence-corrected chi connectivity index (χ1v) is 11.0. The molecule has 144 valence electrons. The van der Waals surface area contributed by atoms with E-state index in [-0.39, 0.29) is 35.6 Å². The Hall–Kier alpha value is -1.15. The van der Waals surface area contributed by atoms with Gasteiger partial charge in [0.1, 0.15) is 0 Å². The van der Waals surface area contributed by atoms with E-state index in [2.05, 4.69) is 4.72 Å². The quantitative estimate of drug-likeness (QED) is 0.720. The Bertz CT molecular complexity index is 583. The fourth-order valence-electron chi connectivity index (χ4n) is 3.52. The molecule has 7 nitrogen and oxygen atoms in total. The molecule has 1 N–H and O–H groups in total. The zero-order valence-electron chi connectivity index (χ0n) is 15.5. The Balaban J connectivity index is 1.82. The van der Waals surface area contributed by atoms with E-state index >= 15 is 0 Å². The van der Waals surface area contributed by atoms with Crippen LogP contribution in [0.15, 0.2) is 0 Å². The fourth-order valence-corrected chi connectivity index (χ4v) is 5.05. The molecule has 1 atom stereocenters. The molecule has 25 heavy (non-hydrogen) atoms. The van der Waals surface area contributed by atoms with Crippen LogP contribution >= 0.6 is 0 Å². The van der Waals surface area contributed by atoms with Crippen LogP contribution in [0.2, 0.25) is 0 Å². The van der Waals surface area contributed by atoms with Gasteiger partial charge in [-0.2, -0.15) is 0 Å². The van der Waals surface area contributed by atoms with E-state index in [1.165, 1.54) is 0 Å². The summed E-state index contributed by atoms with van der Waals surface area (Å²) in [6.45, 7) is 7.48. The van der Waals surface area contributed by atoms with Gasteiger partial charge in [0.05, 0.1) is 11.7 Å². The molecule has 2 fully saturated rings. The van der Waals surface area contributed by atoms with Gasteiger partial charge in [0.15, 0.2) is 0 Å². The van der Waals surface area contributed by atoms with Gasteiger partial charge < -0.3 is 9.80 Å². The summed E-state index contributed by atoms with van der Waals surface area (Å²) in [5, 5.41) is 0. The molecule has 2 heterocycles. The van der Waals surface area contributed by atoms with Crippen LogP contribution in [0.4, 0.5) is 0 Å². The molecule has 0 saturated carbocycles. The topological polar surface area (TPSA) is 86.8 Å². The van der Waals surface area contributed by atoms with E-state index in [9.17, 15) is 18.0 Å². The maximum absolute atomic E-state index is 12.7. The van der Waals surface area contributed by atoms with Crippen LogP contribution in [-0.4, -0.2) is 67.5 Å². The number of amides is 2. The zero-order valence-corrected chi connectivity index (χ0v) is 16.3. The normalized spacial score (nSPS) is 22.9. The molecule has 2 rings (SSSR count). The number of hydrogen-bond acceptors (Lipinski definition) is 4. The number of rotatable bonds is 7. The lowest BCUT2D eigenvalue weighted by Gasteiger charge is -2.33. The highest BCUT2D eigenvalue weighted by Gasteiger charge is 2.38. The van der Waals surface area contributed by atoms with Crippen LogP contribution in [0.1, 0.15) is 52.9 Å². The number of carbonyl (C=O) groups is 2. The van der Waals surface area contributed by atoms with E-state index in [0.29, 0.717) is 45.3 Å². The fraction of sp³-hybridized carbons (Fsp3) is 0.882. The van der Waals surface area contributed by atoms with Gasteiger partial charge in [0.25, 0.3) is 0 Å². The predicted octanol–water partition coefficient (Wildman–Crippen LogP) is 0.954. The van der Waals surface area contributed by atoms with Crippen LogP contribution in [0.25, 0.3) is 0 Å². The number of carbonyl (C=O) groups excluding carboxylic acids is 2. The minimum atomic E-state index is -3.23. The second-order valence-electron chi connectivity index (χ2n) is 7.43. The van der Waals surface area contributed by atoms with E-state index in [0.717, 1.165) is 6.42 Å². The summed E-state index contributed by atoms with van der Waals surface area (Å²) in [5.74, 6) is -0.0129. The van der Waals surface area contributed by atoms with Crippen LogP contribution < -0.4 is 4.72 Å². The number of unbranched alkanes of at least 4 members (excludes halogenated alkanes) is 1. The maximum Gasteiger partial charge on any atom is 0.227 e. The van der Waals surface area contributed by atoms with Crippen molar-refractivity contribution < 1.29 is 18.0 Å². The maximum atomic E-state index is 12.7. The predicted molar refractivity (Wildman–Crippen MR) is 96.4 cm³/mol. The average Bonchev–Trinajstić information content (AvgIpc) is 2.95. The third-order valence-electron chi connectivity index (χ3n) is 5.05. The summed E-state index contributed by atoms with van der Waals surface area (Å²) in [6, 6.07) is 0.0249. The van der Waals surface area contributed by atoms with Crippen LogP contribution in [-0.2, 0) is 19.6 Å². The van der Waals surface area contributed by atoms with Gasteiger partial charge in [0, 0.05) is 38.1 Å². The van der Waals surface area contributed by atoms with Crippen LogP contribution in [0.3, 0.4) is 0 Å². The first-order chi connectivity index (χ1) is 11.7. The number of nitrogens with zero attached hydrogens (tertiary/aromatic N) is 2. The molecule has 0 aromatic heterocycles. The van der Waals surface area contributed by atoms with Crippen molar-refractivity contribution in [1.29, 1.82) is 0 Å². The van der Waals surface area contributed by atoms with Crippen molar-refractivity contribution in [3.8, 4) is 0 Å². The molecule has 8 heteroatoms. The molecule has 0 bridgehead atoms. The number of likely N-dealkylation sites (tertiary alicyclic amines) is 2. The zero-order chi connectivity index (χ0) is 18.6.